The summed E-state index contributed by atoms with van der Waals surface area (Å²) in [7, 11) is 1.71. The van der Waals surface area contributed by atoms with E-state index in [0.717, 1.165) is 19.3 Å². The Labute approximate surface area is 97.9 Å². The van der Waals surface area contributed by atoms with E-state index >= 15 is 0 Å². The molecule has 0 saturated carbocycles. The Morgan fingerprint density at radius 2 is 1.88 bits per heavy atom. The Morgan fingerprint density at radius 3 is 2.44 bits per heavy atom. The fourth-order valence-electron chi connectivity index (χ4n) is 1.65. The number of hydrogen-bond donors (Lipinski definition) is 1. The van der Waals surface area contributed by atoms with Crippen LogP contribution in [0.2, 0.25) is 0 Å². The van der Waals surface area contributed by atoms with E-state index in [1.165, 1.54) is 25.7 Å². The smallest absolute Gasteiger partial charge is 0.450 e. The van der Waals surface area contributed by atoms with Gasteiger partial charge in [0.05, 0.1) is 12.7 Å². The van der Waals surface area contributed by atoms with Crippen LogP contribution < -0.4 is 0 Å². The van der Waals surface area contributed by atoms with Crippen molar-refractivity contribution in [2.75, 3.05) is 13.7 Å². The van der Waals surface area contributed by atoms with E-state index in [1.54, 1.807) is 7.11 Å². The van der Waals surface area contributed by atoms with Gasteiger partial charge in [-0.1, -0.05) is 32.6 Å². The van der Waals surface area contributed by atoms with Gasteiger partial charge in [-0.3, -0.25) is 0 Å². The van der Waals surface area contributed by atoms with Gasteiger partial charge in [-0.15, -0.1) is 0 Å². The van der Waals surface area contributed by atoms with Crippen LogP contribution in [0, 0.1) is 0 Å². The highest BCUT2D eigenvalue weighted by Crippen LogP contribution is 2.12. The van der Waals surface area contributed by atoms with Crippen LogP contribution in [0.25, 0.3) is 0 Å². The number of rotatable bonds is 10. The van der Waals surface area contributed by atoms with Crippen molar-refractivity contribution < 1.29 is 19.4 Å². The first kappa shape index (κ1) is 15.2. The third-order valence-electron chi connectivity index (χ3n) is 2.61. The van der Waals surface area contributed by atoms with Crippen molar-refractivity contribution in [1.82, 2.24) is 0 Å². The highest BCUT2D eigenvalue weighted by molar-refractivity contribution is 5.56. The lowest BCUT2D eigenvalue weighted by Crippen LogP contribution is -2.12. The molecule has 0 saturated heterocycles. The highest BCUT2D eigenvalue weighted by atomic mass is 16.7. The van der Waals surface area contributed by atoms with Gasteiger partial charge in [0.25, 0.3) is 0 Å². The second-order valence-electron chi connectivity index (χ2n) is 3.96. The fourth-order valence-corrected chi connectivity index (χ4v) is 1.65. The summed E-state index contributed by atoms with van der Waals surface area (Å²) in [4.78, 5) is 10.1. The van der Waals surface area contributed by atoms with Crippen LogP contribution in [0.4, 0.5) is 4.79 Å². The molecule has 1 atom stereocenters. The monoisotopic (exact) mass is 232 g/mol. The normalized spacial score (nSPS) is 12.4. The van der Waals surface area contributed by atoms with E-state index in [0.29, 0.717) is 0 Å². The lowest BCUT2D eigenvalue weighted by Gasteiger charge is -2.14. The molecule has 4 nitrogen and oxygen atoms in total. The van der Waals surface area contributed by atoms with Crippen LogP contribution in [-0.4, -0.2) is 31.1 Å². The van der Waals surface area contributed by atoms with Gasteiger partial charge in [-0.05, 0) is 19.3 Å². The van der Waals surface area contributed by atoms with Gasteiger partial charge in [-0.25, -0.2) is 4.79 Å². The van der Waals surface area contributed by atoms with E-state index in [4.69, 9.17) is 9.84 Å². The predicted octanol–water partition coefficient (Wildman–Crippen LogP) is 3.45. The van der Waals surface area contributed by atoms with E-state index in [-0.39, 0.29) is 12.7 Å². The summed E-state index contributed by atoms with van der Waals surface area (Å²) < 4.78 is 9.78. The molecule has 0 aromatic heterocycles. The van der Waals surface area contributed by atoms with Gasteiger partial charge >= 0.3 is 6.16 Å². The van der Waals surface area contributed by atoms with Crippen LogP contribution in [0.15, 0.2) is 0 Å². The molecule has 0 aliphatic rings. The van der Waals surface area contributed by atoms with Crippen molar-refractivity contribution in [2.45, 2.75) is 58.0 Å². The summed E-state index contributed by atoms with van der Waals surface area (Å²) in [5.74, 6) is 0. The number of carboxylic acid groups (broad SMARTS) is 1. The average molecular weight is 232 g/mol. The topological polar surface area (TPSA) is 55.8 Å². The first-order valence-electron chi connectivity index (χ1n) is 6.09. The molecule has 0 aromatic carbocycles. The summed E-state index contributed by atoms with van der Waals surface area (Å²) in [5.41, 5.74) is 0. The van der Waals surface area contributed by atoms with Crippen LogP contribution in [0.5, 0.6) is 0 Å². The van der Waals surface area contributed by atoms with E-state index < -0.39 is 6.16 Å². The zero-order valence-electron chi connectivity index (χ0n) is 10.4. The molecule has 0 rings (SSSR count). The van der Waals surface area contributed by atoms with Gasteiger partial charge in [0, 0.05) is 7.11 Å². The van der Waals surface area contributed by atoms with Crippen LogP contribution in [-0.2, 0) is 9.47 Å². The molecule has 0 radical (unpaired) electrons. The molecule has 1 unspecified atom stereocenters. The Balaban J connectivity index is 3.40. The lowest BCUT2D eigenvalue weighted by atomic mass is 10.1. The van der Waals surface area contributed by atoms with Gasteiger partial charge in [0.1, 0.15) is 0 Å². The van der Waals surface area contributed by atoms with Gasteiger partial charge in [-0.2, -0.15) is 0 Å². The first-order chi connectivity index (χ1) is 7.70. The maximum absolute atomic E-state index is 10.1. The molecule has 0 heterocycles. The summed E-state index contributed by atoms with van der Waals surface area (Å²) in [5, 5.41) is 8.28. The van der Waals surface area contributed by atoms with Crippen molar-refractivity contribution in [1.29, 1.82) is 0 Å². The van der Waals surface area contributed by atoms with Crippen LogP contribution >= 0.6 is 0 Å². The zero-order chi connectivity index (χ0) is 12.2. The number of ether oxygens (including phenoxy) is 2. The quantitative estimate of drug-likeness (QED) is 0.463. The number of methoxy groups -OCH3 is 1. The predicted molar refractivity (Wildman–Crippen MR) is 62.8 cm³/mol. The first-order valence-corrected chi connectivity index (χ1v) is 6.09. The van der Waals surface area contributed by atoms with Crippen molar-refractivity contribution in [3.63, 3.8) is 0 Å². The lowest BCUT2D eigenvalue weighted by molar-refractivity contribution is 0.0643. The molecule has 0 fully saturated rings. The second kappa shape index (κ2) is 10.7. The highest BCUT2D eigenvalue weighted by Gasteiger charge is 2.07. The molecule has 0 aliphatic carbocycles. The Hall–Kier alpha value is -0.770. The second-order valence-corrected chi connectivity index (χ2v) is 3.96. The molecule has 16 heavy (non-hydrogen) atoms. The molecule has 0 spiro atoms. The minimum Gasteiger partial charge on any atom is -0.450 e. The van der Waals surface area contributed by atoms with E-state index in [1.807, 2.05) is 0 Å². The van der Waals surface area contributed by atoms with Crippen molar-refractivity contribution in [2.24, 2.45) is 0 Å². The standard InChI is InChI=1S/C12H24O4/c1-3-4-5-6-8-11(15-2)9-7-10-16-12(13)14/h11H,3-10H2,1-2H3,(H,13,14). The summed E-state index contributed by atoms with van der Waals surface area (Å²) >= 11 is 0. The molecular weight excluding hydrogens is 208 g/mol. The third kappa shape index (κ3) is 9.77. The van der Waals surface area contributed by atoms with Crippen molar-refractivity contribution in [3.8, 4) is 0 Å². The van der Waals surface area contributed by atoms with Crippen LogP contribution in [0.3, 0.4) is 0 Å². The molecule has 4 heteroatoms. The van der Waals surface area contributed by atoms with Crippen LogP contribution in [0.1, 0.15) is 51.9 Å². The molecule has 1 N–H and O–H groups in total. The summed E-state index contributed by atoms with van der Waals surface area (Å²) in [6.07, 6.45) is 6.67. The third-order valence-corrected chi connectivity index (χ3v) is 2.61. The number of unbranched alkanes of at least 4 members (excludes halogenated alkanes) is 3. The summed E-state index contributed by atoms with van der Waals surface area (Å²) in [6, 6.07) is 0. The SMILES string of the molecule is CCCCCCC(CCCOC(=O)O)OC. The van der Waals surface area contributed by atoms with E-state index in [9.17, 15) is 4.79 Å². The molecule has 0 amide bonds. The van der Waals surface area contributed by atoms with Gasteiger partial charge in [0.2, 0.25) is 0 Å². The fraction of sp³-hybridized carbons (Fsp3) is 0.917. The minimum atomic E-state index is -1.20. The number of carbonyl (C=O) groups is 1. The Morgan fingerprint density at radius 1 is 1.19 bits per heavy atom. The van der Waals surface area contributed by atoms with E-state index in [2.05, 4.69) is 11.7 Å². The Kier molecular flexibility index (Phi) is 10.2. The largest absolute Gasteiger partial charge is 0.505 e. The number of hydrogen-bond acceptors (Lipinski definition) is 3. The maximum Gasteiger partial charge on any atom is 0.505 e. The van der Waals surface area contributed by atoms with Gasteiger partial charge < -0.3 is 14.6 Å². The van der Waals surface area contributed by atoms with Crippen molar-refractivity contribution >= 4 is 6.16 Å². The summed E-state index contributed by atoms with van der Waals surface area (Å²) in [6.45, 7) is 2.46. The minimum absolute atomic E-state index is 0.245. The zero-order valence-corrected chi connectivity index (χ0v) is 10.4. The molecular formula is C12H24O4. The molecule has 0 aromatic rings. The molecule has 0 bridgehead atoms. The average Bonchev–Trinajstić information content (AvgIpc) is 2.26. The maximum atomic E-state index is 10.1. The van der Waals surface area contributed by atoms with Gasteiger partial charge in [0.15, 0.2) is 0 Å². The van der Waals surface area contributed by atoms with Crippen molar-refractivity contribution in [3.05, 3.63) is 0 Å². The Bertz CT molecular complexity index is 170. The molecule has 96 valence electrons. The molecule has 0 aliphatic heterocycles.